The number of benzene rings is 2. The summed E-state index contributed by atoms with van der Waals surface area (Å²) in [4.78, 5) is 34.4. The molecule has 1 aliphatic rings. The number of aromatic nitrogens is 4. The lowest BCUT2D eigenvalue weighted by Crippen LogP contribution is -2.46. The highest BCUT2D eigenvalue weighted by Crippen LogP contribution is 2.33. The van der Waals surface area contributed by atoms with Gasteiger partial charge in [-0.25, -0.2) is 15.0 Å². The molecule has 6 aromatic rings. The number of piperazine rings is 1. The maximum atomic E-state index is 12.8. The molecule has 1 saturated heterocycles. The average molecular weight is 629 g/mol. The van der Waals surface area contributed by atoms with Crippen LogP contribution in [0.25, 0.3) is 28.3 Å². The van der Waals surface area contributed by atoms with Crippen molar-refractivity contribution in [2.24, 2.45) is 0 Å². The van der Waals surface area contributed by atoms with Crippen LogP contribution in [0.4, 0.5) is 23.0 Å². The Morgan fingerprint density at radius 1 is 0.891 bits per heavy atom. The number of fused-ring (bicyclic) bond motifs is 1. The lowest BCUT2D eigenvalue weighted by atomic mass is 10.1. The summed E-state index contributed by atoms with van der Waals surface area (Å²) >= 11 is 1.64. The zero-order chi connectivity index (χ0) is 31.5. The Labute approximate surface area is 272 Å². The topological polar surface area (TPSA) is 90.7 Å². The normalized spacial score (nSPS) is 13.7. The van der Waals surface area contributed by atoms with Gasteiger partial charge in [-0.15, -0.1) is 11.3 Å². The second-order valence-corrected chi connectivity index (χ2v) is 12.8. The number of hydrogen-bond donors (Lipinski definition) is 2. The number of carbonyl (C=O) groups excluding carboxylic acids is 1. The Morgan fingerprint density at radius 3 is 2.52 bits per heavy atom. The minimum atomic E-state index is -0.0483. The first-order chi connectivity index (χ1) is 22.5. The van der Waals surface area contributed by atoms with E-state index in [1.54, 1.807) is 17.5 Å². The van der Waals surface area contributed by atoms with Crippen LogP contribution in [0.5, 0.6) is 0 Å². The van der Waals surface area contributed by atoms with Gasteiger partial charge in [0.25, 0.3) is 0 Å². The van der Waals surface area contributed by atoms with Gasteiger partial charge in [-0.2, -0.15) is 0 Å². The van der Waals surface area contributed by atoms with Gasteiger partial charge in [0.2, 0.25) is 11.9 Å². The molecule has 9 nitrogen and oxygen atoms in total. The zero-order valence-electron chi connectivity index (χ0n) is 26.0. The second-order valence-electron chi connectivity index (χ2n) is 11.4. The van der Waals surface area contributed by atoms with Crippen LogP contribution in [-0.4, -0.2) is 62.9 Å². The molecule has 232 valence electrons. The van der Waals surface area contributed by atoms with Gasteiger partial charge in [0.15, 0.2) is 0 Å². The van der Waals surface area contributed by atoms with Crippen molar-refractivity contribution in [1.29, 1.82) is 0 Å². The molecule has 1 amide bonds. The highest BCUT2D eigenvalue weighted by molar-refractivity contribution is 7.12. The number of carbonyl (C=O) groups is 1. The van der Waals surface area contributed by atoms with Gasteiger partial charge in [0.1, 0.15) is 5.65 Å². The predicted octanol–water partition coefficient (Wildman–Crippen LogP) is 6.89. The van der Waals surface area contributed by atoms with E-state index in [1.807, 2.05) is 78.2 Å². The number of nitrogens with one attached hydrogen (secondary N) is 2. The summed E-state index contributed by atoms with van der Waals surface area (Å²) < 4.78 is 2.04. The molecular formula is C36H36N8OS. The molecule has 0 spiro atoms. The van der Waals surface area contributed by atoms with E-state index >= 15 is 0 Å². The molecular weight excluding hydrogens is 593 g/mol. The van der Waals surface area contributed by atoms with Gasteiger partial charge in [-0.05, 0) is 80.2 Å². The zero-order valence-corrected chi connectivity index (χ0v) is 26.8. The standard InChI is InChI=1S/C36H36N8OS/c1-3-42-19-21-43(22-20-42)29-13-11-27(12-14-29)39-36-37-17-16-31(40-36)35-34(41-32-9-4-5-18-44(32)35)26-7-6-8-28(23-26)38-33(45)24-30-15-10-25(2)46-30/h4-18,23H,3,19-22,24H2,1-2H3,(H,38,45)(H,37,39,40). The number of aryl methyl sites for hydroxylation is 1. The third-order valence-electron chi connectivity index (χ3n) is 8.29. The maximum Gasteiger partial charge on any atom is 0.229 e. The van der Waals surface area contributed by atoms with Crippen molar-refractivity contribution in [2.45, 2.75) is 20.3 Å². The van der Waals surface area contributed by atoms with Crippen LogP contribution in [0.3, 0.4) is 0 Å². The third-order valence-corrected chi connectivity index (χ3v) is 9.29. The van der Waals surface area contributed by atoms with E-state index in [1.165, 1.54) is 10.6 Å². The molecule has 0 atom stereocenters. The van der Waals surface area contributed by atoms with E-state index in [2.05, 4.69) is 56.6 Å². The van der Waals surface area contributed by atoms with Crippen molar-refractivity contribution in [1.82, 2.24) is 24.3 Å². The average Bonchev–Trinajstić information content (AvgIpc) is 3.68. The van der Waals surface area contributed by atoms with Crippen LogP contribution in [0, 0.1) is 6.92 Å². The van der Waals surface area contributed by atoms with Gasteiger partial charge >= 0.3 is 0 Å². The Balaban J connectivity index is 1.14. The second kappa shape index (κ2) is 13.1. The summed E-state index contributed by atoms with van der Waals surface area (Å²) in [5, 5.41) is 6.45. The van der Waals surface area contributed by atoms with Gasteiger partial charge < -0.3 is 20.4 Å². The summed E-state index contributed by atoms with van der Waals surface area (Å²) in [7, 11) is 0. The molecule has 1 aliphatic heterocycles. The monoisotopic (exact) mass is 628 g/mol. The van der Waals surface area contributed by atoms with E-state index < -0.39 is 0 Å². The molecule has 46 heavy (non-hydrogen) atoms. The summed E-state index contributed by atoms with van der Waals surface area (Å²) in [5.74, 6) is 0.455. The largest absolute Gasteiger partial charge is 0.369 e. The van der Waals surface area contributed by atoms with Gasteiger partial charge in [-0.3, -0.25) is 9.20 Å². The Kier molecular flexibility index (Phi) is 8.45. The molecule has 1 fully saturated rings. The first kappa shape index (κ1) is 29.6. The number of amides is 1. The smallest absolute Gasteiger partial charge is 0.229 e. The third kappa shape index (κ3) is 6.49. The van der Waals surface area contributed by atoms with E-state index in [0.717, 1.165) is 77.3 Å². The highest BCUT2D eigenvalue weighted by Gasteiger charge is 2.19. The maximum absolute atomic E-state index is 12.8. The fourth-order valence-corrected chi connectivity index (χ4v) is 6.78. The van der Waals surface area contributed by atoms with Crippen LogP contribution in [0.15, 0.2) is 97.3 Å². The molecule has 7 rings (SSSR count). The number of hydrogen-bond acceptors (Lipinski definition) is 8. The molecule has 0 aliphatic carbocycles. The van der Waals surface area contributed by atoms with Crippen LogP contribution in [0.2, 0.25) is 0 Å². The minimum absolute atomic E-state index is 0.0483. The number of pyridine rings is 1. The molecule has 5 heterocycles. The van der Waals surface area contributed by atoms with Crippen molar-refractivity contribution < 1.29 is 4.79 Å². The first-order valence-corrected chi connectivity index (χ1v) is 16.4. The quantitative estimate of drug-likeness (QED) is 0.180. The molecule has 0 bridgehead atoms. The van der Waals surface area contributed by atoms with Crippen molar-refractivity contribution in [3.05, 3.63) is 107 Å². The molecule has 0 saturated carbocycles. The van der Waals surface area contributed by atoms with Gasteiger partial charge in [0.05, 0.1) is 23.5 Å². The summed E-state index contributed by atoms with van der Waals surface area (Å²) in [5.41, 5.74) is 6.91. The fourth-order valence-electron chi connectivity index (χ4n) is 5.89. The van der Waals surface area contributed by atoms with E-state index in [0.29, 0.717) is 12.4 Å². The lowest BCUT2D eigenvalue weighted by molar-refractivity contribution is -0.115. The summed E-state index contributed by atoms with van der Waals surface area (Å²) in [6.45, 7) is 9.64. The Morgan fingerprint density at radius 2 is 1.74 bits per heavy atom. The van der Waals surface area contributed by atoms with Gasteiger partial charge in [-0.1, -0.05) is 25.1 Å². The first-order valence-electron chi connectivity index (χ1n) is 15.6. The number of imidazole rings is 1. The summed E-state index contributed by atoms with van der Waals surface area (Å²) in [6.07, 6.45) is 4.10. The molecule has 2 aromatic carbocycles. The number of anilines is 4. The van der Waals surface area contributed by atoms with Gasteiger partial charge in [0, 0.05) is 71.0 Å². The van der Waals surface area contributed by atoms with Crippen molar-refractivity contribution in [3.8, 4) is 22.6 Å². The van der Waals surface area contributed by atoms with Crippen LogP contribution >= 0.6 is 11.3 Å². The van der Waals surface area contributed by atoms with Crippen LogP contribution < -0.4 is 15.5 Å². The molecule has 4 aromatic heterocycles. The number of thiophene rings is 1. The summed E-state index contributed by atoms with van der Waals surface area (Å²) in [6, 6.07) is 28.2. The van der Waals surface area contributed by atoms with Crippen molar-refractivity contribution in [3.63, 3.8) is 0 Å². The van der Waals surface area contributed by atoms with Crippen LogP contribution in [0.1, 0.15) is 16.7 Å². The fraction of sp³-hybridized carbons (Fsp3) is 0.222. The molecule has 0 radical (unpaired) electrons. The molecule has 2 N–H and O–H groups in total. The van der Waals surface area contributed by atoms with Crippen molar-refractivity contribution >= 4 is 45.9 Å². The van der Waals surface area contributed by atoms with Crippen LogP contribution in [-0.2, 0) is 11.2 Å². The Bertz CT molecular complexity index is 1970. The highest BCUT2D eigenvalue weighted by atomic mass is 32.1. The SMILES string of the molecule is CCN1CCN(c2ccc(Nc3nccc(-c4c(-c5cccc(NC(=O)Cc6ccc(C)s6)c5)nc5ccccn45)n3)cc2)CC1. The molecule has 10 heteroatoms. The number of nitrogens with zero attached hydrogens (tertiary/aromatic N) is 6. The number of rotatable bonds is 9. The van der Waals surface area contributed by atoms with E-state index in [4.69, 9.17) is 9.97 Å². The predicted molar refractivity (Wildman–Crippen MR) is 187 cm³/mol. The lowest BCUT2D eigenvalue weighted by Gasteiger charge is -2.35. The molecule has 0 unspecified atom stereocenters. The Hall–Kier alpha value is -5.06. The van der Waals surface area contributed by atoms with E-state index in [9.17, 15) is 4.79 Å². The number of likely N-dealkylation sites (N-methyl/N-ethyl adjacent to an activating group) is 1. The van der Waals surface area contributed by atoms with Crippen molar-refractivity contribution in [2.75, 3.05) is 48.3 Å². The minimum Gasteiger partial charge on any atom is -0.369 e. The van der Waals surface area contributed by atoms with E-state index in [-0.39, 0.29) is 5.91 Å².